The van der Waals surface area contributed by atoms with Crippen molar-refractivity contribution in [3.8, 4) is 39.9 Å². The van der Waals surface area contributed by atoms with Gasteiger partial charge in [-0.2, -0.15) is 0 Å². The number of phenolic OH excluding ortho intramolecular Hbond substituents is 4. The van der Waals surface area contributed by atoms with Gasteiger partial charge in [-0.25, -0.2) is 0 Å². The number of nitrogens with zero attached hydrogens (tertiary/aromatic N) is 1. The van der Waals surface area contributed by atoms with Crippen molar-refractivity contribution < 1.29 is 35.1 Å². The quantitative estimate of drug-likeness (QED) is 0.231. The Balaban J connectivity index is 1.88. The summed E-state index contributed by atoms with van der Waals surface area (Å²) in [7, 11) is 1.50. The minimum Gasteiger partial charge on any atom is -0.504 e. The van der Waals surface area contributed by atoms with Crippen LogP contribution in [0.15, 0.2) is 54.7 Å². The number of hydrogen-bond acceptors (Lipinski definition) is 7. The van der Waals surface area contributed by atoms with E-state index in [1.165, 1.54) is 37.4 Å². The summed E-state index contributed by atoms with van der Waals surface area (Å²) in [4.78, 5) is 12.9. The predicted octanol–water partition coefficient (Wildman–Crippen LogP) is 3.51. The van der Waals surface area contributed by atoms with Crippen molar-refractivity contribution in [3.63, 3.8) is 0 Å². The third-order valence-electron chi connectivity index (χ3n) is 5.31. The van der Waals surface area contributed by atoms with Gasteiger partial charge >= 0.3 is 0 Å². The molecule has 0 aliphatic heterocycles. The SMILES string of the molecule is COc1cc(CO)cc2c1c(-c1ccc(O)c(O)c1)cn2CC(=O)c1ccc(O)c(O)c1. The first-order valence-electron chi connectivity index (χ1n) is 9.70. The lowest BCUT2D eigenvalue weighted by Crippen LogP contribution is -2.09. The van der Waals surface area contributed by atoms with Crippen LogP contribution in [-0.4, -0.2) is 43.0 Å². The molecule has 0 unspecified atom stereocenters. The smallest absolute Gasteiger partial charge is 0.182 e. The highest BCUT2D eigenvalue weighted by molar-refractivity contribution is 6.03. The molecule has 0 fully saturated rings. The van der Waals surface area contributed by atoms with Gasteiger partial charge in [0.2, 0.25) is 0 Å². The number of aromatic nitrogens is 1. The number of fused-ring (bicyclic) bond motifs is 1. The second-order valence-electron chi connectivity index (χ2n) is 7.35. The molecule has 0 saturated carbocycles. The molecule has 5 N–H and O–H groups in total. The van der Waals surface area contributed by atoms with E-state index in [1.807, 2.05) is 0 Å². The number of aromatic hydroxyl groups is 4. The standard InChI is InChI=1S/C24H21NO7/c1-32-23-7-13(12-26)6-17-24(23)16(14-2-4-18(27)20(29)8-14)10-25(17)11-22(31)15-3-5-19(28)21(30)9-15/h2-10,26-30H,11-12H2,1H3. The third kappa shape index (κ3) is 3.67. The molecule has 0 radical (unpaired) electrons. The van der Waals surface area contributed by atoms with Crippen LogP contribution in [0.5, 0.6) is 28.7 Å². The molecule has 1 aromatic heterocycles. The maximum Gasteiger partial charge on any atom is 0.182 e. The highest BCUT2D eigenvalue weighted by atomic mass is 16.5. The van der Waals surface area contributed by atoms with Gasteiger partial charge < -0.3 is 34.8 Å². The maximum atomic E-state index is 12.9. The second kappa shape index (κ2) is 8.16. The number of methoxy groups -OCH3 is 1. The summed E-state index contributed by atoms with van der Waals surface area (Å²) in [6.07, 6.45) is 1.72. The number of aliphatic hydroxyl groups is 1. The molecule has 0 atom stereocenters. The fraction of sp³-hybridized carbons (Fsp3) is 0.125. The van der Waals surface area contributed by atoms with Crippen LogP contribution in [0.25, 0.3) is 22.0 Å². The summed E-state index contributed by atoms with van der Waals surface area (Å²) in [5, 5.41) is 49.2. The summed E-state index contributed by atoms with van der Waals surface area (Å²) < 4.78 is 7.22. The second-order valence-corrected chi connectivity index (χ2v) is 7.35. The van der Waals surface area contributed by atoms with Crippen LogP contribution in [0.3, 0.4) is 0 Å². The normalized spacial score (nSPS) is 11.1. The number of carbonyl (C=O) groups excluding carboxylic acids is 1. The van der Waals surface area contributed by atoms with Crippen LogP contribution < -0.4 is 4.74 Å². The Morgan fingerprint density at radius 2 is 1.59 bits per heavy atom. The summed E-state index contributed by atoms with van der Waals surface area (Å²) in [5.74, 6) is -1.09. The minimum atomic E-state index is -0.391. The molecular formula is C24H21NO7. The summed E-state index contributed by atoms with van der Waals surface area (Å²) in [5.41, 5.74) is 2.67. The molecular weight excluding hydrogens is 414 g/mol. The molecule has 8 nitrogen and oxygen atoms in total. The number of aliphatic hydroxyl groups excluding tert-OH is 1. The van der Waals surface area contributed by atoms with Gasteiger partial charge in [-0.3, -0.25) is 4.79 Å². The number of benzene rings is 3. The average molecular weight is 435 g/mol. The van der Waals surface area contributed by atoms with E-state index >= 15 is 0 Å². The number of phenols is 4. The van der Waals surface area contributed by atoms with E-state index < -0.39 is 5.75 Å². The fourth-order valence-electron chi connectivity index (χ4n) is 3.68. The van der Waals surface area contributed by atoms with Gasteiger partial charge in [-0.15, -0.1) is 0 Å². The van der Waals surface area contributed by atoms with Gasteiger partial charge in [-0.05, 0) is 53.6 Å². The Hall–Kier alpha value is -4.17. The van der Waals surface area contributed by atoms with Crippen LogP contribution in [0.4, 0.5) is 0 Å². The number of Topliss-reactive ketones (excluding diaryl/α,β-unsaturated/α-hetero) is 1. The van der Waals surface area contributed by atoms with Crippen molar-refractivity contribution in [1.82, 2.24) is 4.57 Å². The van der Waals surface area contributed by atoms with Crippen molar-refractivity contribution >= 4 is 16.7 Å². The Morgan fingerprint density at radius 3 is 2.22 bits per heavy atom. The zero-order chi connectivity index (χ0) is 23.0. The largest absolute Gasteiger partial charge is 0.504 e. The molecule has 32 heavy (non-hydrogen) atoms. The van der Waals surface area contributed by atoms with Gasteiger partial charge in [-0.1, -0.05) is 6.07 Å². The van der Waals surface area contributed by atoms with E-state index in [1.54, 1.807) is 29.0 Å². The maximum absolute atomic E-state index is 12.9. The van der Waals surface area contributed by atoms with E-state index in [2.05, 4.69) is 0 Å². The first-order valence-corrected chi connectivity index (χ1v) is 9.70. The van der Waals surface area contributed by atoms with Crippen molar-refractivity contribution in [2.45, 2.75) is 13.2 Å². The first-order chi connectivity index (χ1) is 15.3. The number of ether oxygens (including phenoxy) is 1. The zero-order valence-electron chi connectivity index (χ0n) is 17.1. The number of rotatable bonds is 6. The number of carbonyl (C=O) groups is 1. The van der Waals surface area contributed by atoms with Gasteiger partial charge in [0.25, 0.3) is 0 Å². The Morgan fingerprint density at radius 1 is 0.906 bits per heavy atom. The fourth-order valence-corrected chi connectivity index (χ4v) is 3.68. The highest BCUT2D eigenvalue weighted by Crippen LogP contribution is 2.40. The summed E-state index contributed by atoms with van der Waals surface area (Å²) >= 11 is 0. The molecule has 0 spiro atoms. The molecule has 0 aliphatic carbocycles. The van der Waals surface area contributed by atoms with Crippen molar-refractivity contribution in [2.75, 3.05) is 7.11 Å². The van der Waals surface area contributed by atoms with Crippen LogP contribution in [-0.2, 0) is 13.2 Å². The molecule has 0 aliphatic rings. The highest BCUT2D eigenvalue weighted by Gasteiger charge is 2.19. The third-order valence-corrected chi connectivity index (χ3v) is 5.31. The summed E-state index contributed by atoms with van der Waals surface area (Å²) in [6.45, 7) is -0.324. The predicted molar refractivity (Wildman–Crippen MR) is 117 cm³/mol. The first kappa shape index (κ1) is 21.1. The molecule has 0 amide bonds. The van der Waals surface area contributed by atoms with Crippen molar-refractivity contribution in [1.29, 1.82) is 0 Å². The lowest BCUT2D eigenvalue weighted by Gasteiger charge is -2.10. The minimum absolute atomic E-state index is 0.0944. The van der Waals surface area contributed by atoms with Crippen LogP contribution in [0.2, 0.25) is 0 Å². The van der Waals surface area contributed by atoms with E-state index in [-0.39, 0.29) is 41.7 Å². The molecule has 0 bridgehead atoms. The average Bonchev–Trinajstić information content (AvgIpc) is 3.15. The zero-order valence-corrected chi connectivity index (χ0v) is 17.1. The van der Waals surface area contributed by atoms with Gasteiger partial charge in [0.05, 0.1) is 25.8 Å². The van der Waals surface area contributed by atoms with Gasteiger partial charge in [0, 0.05) is 22.7 Å². The van der Waals surface area contributed by atoms with E-state index in [0.29, 0.717) is 33.3 Å². The number of hydrogen-bond donors (Lipinski definition) is 5. The lowest BCUT2D eigenvalue weighted by atomic mass is 10.0. The van der Waals surface area contributed by atoms with E-state index in [0.717, 1.165) is 0 Å². The Labute approximate surface area is 182 Å². The Bertz CT molecular complexity index is 1340. The molecule has 8 heteroatoms. The van der Waals surface area contributed by atoms with Crippen LogP contribution in [0.1, 0.15) is 15.9 Å². The van der Waals surface area contributed by atoms with E-state index in [4.69, 9.17) is 4.74 Å². The molecule has 1 heterocycles. The van der Waals surface area contributed by atoms with Gasteiger partial charge in [0.15, 0.2) is 28.8 Å². The Kier molecular flexibility index (Phi) is 5.38. The lowest BCUT2D eigenvalue weighted by molar-refractivity contribution is 0.0973. The van der Waals surface area contributed by atoms with Crippen LogP contribution >= 0.6 is 0 Å². The van der Waals surface area contributed by atoms with Crippen LogP contribution in [0, 0.1) is 0 Å². The molecule has 164 valence electrons. The van der Waals surface area contributed by atoms with Gasteiger partial charge in [0.1, 0.15) is 5.75 Å². The summed E-state index contributed by atoms with van der Waals surface area (Å²) in [6, 6.07) is 11.7. The molecule has 3 aromatic carbocycles. The topological polar surface area (TPSA) is 132 Å². The number of ketones is 1. The molecule has 4 rings (SSSR count). The van der Waals surface area contributed by atoms with Crippen molar-refractivity contribution in [3.05, 3.63) is 65.9 Å². The molecule has 4 aromatic rings. The monoisotopic (exact) mass is 435 g/mol. The van der Waals surface area contributed by atoms with Crippen molar-refractivity contribution in [2.24, 2.45) is 0 Å². The van der Waals surface area contributed by atoms with E-state index in [9.17, 15) is 30.3 Å². The molecule has 0 saturated heterocycles.